The monoisotopic (exact) mass is 561 g/mol. The van der Waals surface area contributed by atoms with E-state index in [1.807, 2.05) is 61.5 Å². The summed E-state index contributed by atoms with van der Waals surface area (Å²) in [7, 11) is -3.36. The van der Waals surface area contributed by atoms with Crippen LogP contribution < -0.4 is 20.3 Å². The number of aryl methyl sites for hydroxylation is 1. The van der Waals surface area contributed by atoms with E-state index in [0.717, 1.165) is 55.1 Å². The van der Waals surface area contributed by atoms with Gasteiger partial charge in [-0.25, -0.2) is 23.1 Å². The molecule has 1 fully saturated rings. The lowest BCUT2D eigenvalue weighted by Gasteiger charge is -2.28. The Morgan fingerprint density at radius 1 is 1.00 bits per heavy atom. The Bertz CT molecular complexity index is 1620. The van der Waals surface area contributed by atoms with Gasteiger partial charge in [0.2, 0.25) is 16.0 Å². The highest BCUT2D eigenvalue weighted by atomic mass is 32.2. The quantitative estimate of drug-likeness (QED) is 0.263. The van der Waals surface area contributed by atoms with Gasteiger partial charge >= 0.3 is 0 Å². The first-order chi connectivity index (χ1) is 19.3. The number of nitrogens with zero attached hydrogens (tertiary/aromatic N) is 4. The molecule has 2 aromatic heterocycles. The summed E-state index contributed by atoms with van der Waals surface area (Å²) >= 11 is 0. The molecule has 40 heavy (non-hydrogen) atoms. The molecule has 0 unspecified atom stereocenters. The molecule has 208 valence electrons. The van der Waals surface area contributed by atoms with Crippen molar-refractivity contribution in [1.29, 1.82) is 0 Å². The number of anilines is 3. The van der Waals surface area contributed by atoms with Crippen LogP contribution in [0.25, 0.3) is 22.2 Å². The summed E-state index contributed by atoms with van der Waals surface area (Å²) < 4.78 is 30.5. The van der Waals surface area contributed by atoms with E-state index >= 15 is 0 Å². The van der Waals surface area contributed by atoms with Crippen LogP contribution >= 0.6 is 0 Å². The number of carbonyl (C=O) groups is 1. The molecule has 0 bridgehead atoms. The highest BCUT2D eigenvalue weighted by Gasteiger charge is 2.19. The van der Waals surface area contributed by atoms with Gasteiger partial charge in [-0.1, -0.05) is 24.3 Å². The minimum atomic E-state index is -3.36. The first-order valence-electron chi connectivity index (χ1n) is 12.9. The summed E-state index contributed by atoms with van der Waals surface area (Å²) in [5, 5.41) is 6.65. The van der Waals surface area contributed by atoms with Crippen molar-refractivity contribution in [2.75, 3.05) is 55.9 Å². The number of rotatable bonds is 9. The number of pyridine rings is 1. The summed E-state index contributed by atoms with van der Waals surface area (Å²) in [6.07, 6.45) is 2.75. The predicted octanol–water partition coefficient (Wildman–Crippen LogP) is 2.86. The summed E-state index contributed by atoms with van der Waals surface area (Å²) in [5.41, 5.74) is 4.99. The highest BCUT2D eigenvalue weighted by molar-refractivity contribution is 7.88. The molecule has 3 N–H and O–H groups in total. The third kappa shape index (κ3) is 6.71. The molecule has 5 rings (SSSR count). The van der Waals surface area contributed by atoms with Crippen LogP contribution in [0.1, 0.15) is 16.1 Å². The lowest BCUT2D eigenvalue weighted by Crippen LogP contribution is -2.36. The zero-order chi connectivity index (χ0) is 28.1. The van der Waals surface area contributed by atoms with E-state index in [9.17, 15) is 13.2 Å². The normalized spacial score (nSPS) is 13.8. The van der Waals surface area contributed by atoms with Gasteiger partial charge in [-0.05, 0) is 48.4 Å². The molecule has 11 nitrogen and oxygen atoms in total. The number of carbonyl (C=O) groups excluding carboxylic acids is 1. The molecule has 1 aliphatic heterocycles. The van der Waals surface area contributed by atoms with Crippen molar-refractivity contribution in [3.8, 4) is 11.1 Å². The van der Waals surface area contributed by atoms with Gasteiger partial charge in [0.1, 0.15) is 5.69 Å². The topological polar surface area (TPSA) is 138 Å². The third-order valence-electron chi connectivity index (χ3n) is 6.49. The molecule has 1 amide bonds. The van der Waals surface area contributed by atoms with Crippen molar-refractivity contribution in [2.45, 2.75) is 6.92 Å². The second-order valence-corrected chi connectivity index (χ2v) is 11.3. The molecule has 0 spiro atoms. The lowest BCUT2D eigenvalue weighted by atomic mass is 9.98. The first kappa shape index (κ1) is 27.4. The number of benzene rings is 2. The van der Waals surface area contributed by atoms with E-state index in [2.05, 4.69) is 35.2 Å². The van der Waals surface area contributed by atoms with E-state index in [-0.39, 0.29) is 18.8 Å². The van der Waals surface area contributed by atoms with Gasteiger partial charge in [-0.15, -0.1) is 0 Å². The number of fused-ring (bicyclic) bond motifs is 1. The van der Waals surface area contributed by atoms with Crippen LogP contribution in [-0.4, -0.2) is 74.9 Å². The average molecular weight is 562 g/mol. The Balaban J connectivity index is 1.41. The molecule has 0 aliphatic carbocycles. The van der Waals surface area contributed by atoms with Gasteiger partial charge in [0, 0.05) is 54.7 Å². The van der Waals surface area contributed by atoms with Crippen molar-refractivity contribution in [3.63, 3.8) is 0 Å². The Labute approximate surface area is 233 Å². The minimum Gasteiger partial charge on any atom is -0.378 e. The first-order valence-corrected chi connectivity index (χ1v) is 14.8. The van der Waals surface area contributed by atoms with Crippen molar-refractivity contribution in [1.82, 2.24) is 25.0 Å². The fourth-order valence-electron chi connectivity index (χ4n) is 4.48. The SMILES string of the molecule is Cc1ccccc1-c1cc2cnc(Nc3ccc(N4CCOCC4)cc3)nc2nc1C(=O)NCCNS(C)(=O)=O. The number of sulfonamides is 1. The number of hydrogen-bond donors (Lipinski definition) is 3. The second kappa shape index (κ2) is 11.9. The van der Waals surface area contributed by atoms with Crippen LogP contribution in [0.5, 0.6) is 0 Å². The largest absolute Gasteiger partial charge is 0.378 e. The maximum atomic E-state index is 13.2. The highest BCUT2D eigenvalue weighted by Crippen LogP contribution is 2.29. The Morgan fingerprint density at radius 3 is 2.48 bits per heavy atom. The third-order valence-corrected chi connectivity index (χ3v) is 7.22. The van der Waals surface area contributed by atoms with E-state index in [4.69, 9.17) is 4.74 Å². The zero-order valence-corrected chi connectivity index (χ0v) is 23.2. The van der Waals surface area contributed by atoms with Crippen LogP contribution in [0.2, 0.25) is 0 Å². The van der Waals surface area contributed by atoms with Crippen molar-refractivity contribution >= 4 is 44.3 Å². The van der Waals surface area contributed by atoms with Gasteiger partial charge in [0.25, 0.3) is 5.91 Å². The molecule has 3 heterocycles. The van der Waals surface area contributed by atoms with Crippen LogP contribution in [0, 0.1) is 6.92 Å². The number of morpholine rings is 1. The number of hydrogen-bond acceptors (Lipinski definition) is 9. The summed E-state index contributed by atoms with van der Waals surface area (Å²) in [6, 6.07) is 17.6. The molecule has 0 saturated carbocycles. The van der Waals surface area contributed by atoms with Gasteiger partial charge in [0.05, 0.1) is 19.5 Å². The molecule has 12 heteroatoms. The number of amides is 1. The van der Waals surface area contributed by atoms with Crippen molar-refractivity contribution in [3.05, 3.63) is 72.1 Å². The molecular weight excluding hydrogens is 530 g/mol. The van der Waals surface area contributed by atoms with E-state index in [1.165, 1.54) is 0 Å². The summed E-state index contributed by atoms with van der Waals surface area (Å²) in [5.74, 6) is -0.0752. The van der Waals surface area contributed by atoms with Crippen LogP contribution in [-0.2, 0) is 14.8 Å². The second-order valence-electron chi connectivity index (χ2n) is 9.50. The molecule has 1 saturated heterocycles. The molecule has 0 atom stereocenters. The minimum absolute atomic E-state index is 0.0679. The smallest absolute Gasteiger partial charge is 0.270 e. The number of nitrogens with one attached hydrogen (secondary N) is 3. The number of aromatic nitrogens is 3. The zero-order valence-electron chi connectivity index (χ0n) is 22.3. The molecule has 2 aromatic carbocycles. The molecule has 4 aromatic rings. The van der Waals surface area contributed by atoms with Crippen molar-refractivity contribution < 1.29 is 17.9 Å². The Kier molecular flexibility index (Phi) is 8.19. The molecular formula is C28H31N7O4S. The van der Waals surface area contributed by atoms with Crippen LogP contribution in [0.15, 0.2) is 60.8 Å². The van der Waals surface area contributed by atoms with Crippen LogP contribution in [0.4, 0.5) is 17.3 Å². The summed E-state index contributed by atoms with van der Waals surface area (Å²) in [6.45, 7) is 5.31. The van der Waals surface area contributed by atoms with Gasteiger partial charge in [0.15, 0.2) is 5.65 Å². The fourth-order valence-corrected chi connectivity index (χ4v) is 4.95. The number of ether oxygens (including phenoxy) is 1. The van der Waals surface area contributed by atoms with Crippen molar-refractivity contribution in [2.24, 2.45) is 0 Å². The van der Waals surface area contributed by atoms with E-state index in [0.29, 0.717) is 22.5 Å². The van der Waals surface area contributed by atoms with E-state index in [1.54, 1.807) is 6.20 Å². The lowest BCUT2D eigenvalue weighted by molar-refractivity contribution is 0.0950. The van der Waals surface area contributed by atoms with Gasteiger partial charge in [-0.3, -0.25) is 4.79 Å². The van der Waals surface area contributed by atoms with E-state index < -0.39 is 15.9 Å². The maximum Gasteiger partial charge on any atom is 0.270 e. The average Bonchev–Trinajstić information content (AvgIpc) is 2.95. The fraction of sp³-hybridized carbons (Fsp3) is 0.286. The molecule has 1 aliphatic rings. The van der Waals surface area contributed by atoms with Gasteiger partial charge < -0.3 is 20.3 Å². The van der Waals surface area contributed by atoms with Gasteiger partial charge in [-0.2, -0.15) is 4.98 Å². The maximum absolute atomic E-state index is 13.2. The Morgan fingerprint density at radius 2 is 1.75 bits per heavy atom. The standard InChI is InChI=1S/C28H31N7O4S/c1-19-5-3-4-6-23(19)24-17-20-18-30-28(32-21-7-9-22(10-8-21)35-13-15-39-16-14-35)34-26(20)33-25(24)27(36)29-11-12-31-40(2,37)38/h3-10,17-18,31H,11-16H2,1-2H3,(H,29,36)(H,30,32,33,34). The summed E-state index contributed by atoms with van der Waals surface area (Å²) in [4.78, 5) is 29.2. The predicted molar refractivity (Wildman–Crippen MR) is 155 cm³/mol. The van der Waals surface area contributed by atoms with Crippen LogP contribution in [0.3, 0.4) is 0 Å². The Hall–Kier alpha value is -4.13. The molecule has 0 radical (unpaired) electrons.